The van der Waals surface area contributed by atoms with Gasteiger partial charge in [0.25, 0.3) is 10.0 Å². The van der Waals surface area contributed by atoms with Gasteiger partial charge < -0.3 is 11.1 Å². The van der Waals surface area contributed by atoms with E-state index in [4.69, 9.17) is 5.73 Å². The molecule has 0 fully saturated rings. The van der Waals surface area contributed by atoms with E-state index in [1.807, 2.05) is 0 Å². The van der Waals surface area contributed by atoms with Crippen molar-refractivity contribution in [3.63, 3.8) is 0 Å². The molecule has 2 aromatic rings. The third kappa shape index (κ3) is 4.24. The number of benzene rings is 1. The van der Waals surface area contributed by atoms with Crippen LogP contribution in [0.3, 0.4) is 0 Å². The Labute approximate surface area is 130 Å². The standard InChI is InChI=1S/C13H16N4O2S.ClH/c1-9-7-11(8-13(15-2)16-9)17-20(18,19)12-5-3-10(14)4-6-12;/h3-8H,14H2,1-2H3,(H2,15,16,17);1H. The molecule has 0 radical (unpaired) electrons. The van der Waals surface area contributed by atoms with Gasteiger partial charge in [-0.05, 0) is 37.3 Å². The van der Waals surface area contributed by atoms with Crippen molar-refractivity contribution in [2.45, 2.75) is 11.8 Å². The van der Waals surface area contributed by atoms with Crippen LogP contribution in [-0.2, 0) is 10.0 Å². The zero-order chi connectivity index (χ0) is 14.8. The third-order valence-electron chi connectivity index (χ3n) is 2.65. The summed E-state index contributed by atoms with van der Waals surface area (Å²) in [4.78, 5) is 4.36. The highest BCUT2D eigenvalue weighted by atomic mass is 35.5. The number of aromatic nitrogens is 1. The summed E-state index contributed by atoms with van der Waals surface area (Å²) in [6.07, 6.45) is 0. The van der Waals surface area contributed by atoms with Gasteiger partial charge in [-0.3, -0.25) is 4.72 Å². The fourth-order valence-electron chi connectivity index (χ4n) is 1.72. The fraction of sp³-hybridized carbons (Fsp3) is 0.154. The summed E-state index contributed by atoms with van der Waals surface area (Å²) >= 11 is 0. The van der Waals surface area contributed by atoms with E-state index in [9.17, 15) is 8.42 Å². The lowest BCUT2D eigenvalue weighted by molar-refractivity contribution is 0.601. The summed E-state index contributed by atoms with van der Waals surface area (Å²) in [6, 6.07) is 9.31. The van der Waals surface area contributed by atoms with Crippen LogP contribution in [0, 0.1) is 6.92 Å². The molecule has 0 aliphatic heterocycles. The van der Waals surface area contributed by atoms with Gasteiger partial charge in [-0.2, -0.15) is 0 Å². The maximum Gasteiger partial charge on any atom is 0.261 e. The maximum atomic E-state index is 12.2. The topological polar surface area (TPSA) is 97.1 Å². The SMILES string of the molecule is CNc1cc(NS(=O)(=O)c2ccc(N)cc2)cc(C)n1.Cl. The van der Waals surface area contributed by atoms with E-state index in [-0.39, 0.29) is 17.3 Å². The van der Waals surface area contributed by atoms with Crippen LogP contribution in [0.15, 0.2) is 41.3 Å². The molecule has 0 amide bonds. The summed E-state index contributed by atoms with van der Waals surface area (Å²) in [7, 11) is -1.91. The average Bonchev–Trinajstić information content (AvgIpc) is 2.37. The van der Waals surface area contributed by atoms with Crippen LogP contribution < -0.4 is 15.8 Å². The van der Waals surface area contributed by atoms with Crippen LogP contribution in [-0.4, -0.2) is 20.4 Å². The van der Waals surface area contributed by atoms with Crippen LogP contribution in [0.1, 0.15) is 5.69 Å². The van der Waals surface area contributed by atoms with Crippen molar-refractivity contribution in [3.8, 4) is 0 Å². The highest BCUT2D eigenvalue weighted by Gasteiger charge is 2.14. The summed E-state index contributed by atoms with van der Waals surface area (Å²) < 4.78 is 27.0. The Hall–Kier alpha value is -1.99. The lowest BCUT2D eigenvalue weighted by Crippen LogP contribution is -2.13. The molecule has 0 aliphatic rings. The van der Waals surface area contributed by atoms with Crippen molar-refractivity contribution in [2.24, 2.45) is 0 Å². The van der Waals surface area contributed by atoms with Crippen LogP contribution in [0.4, 0.5) is 17.2 Å². The Morgan fingerprint density at radius 2 is 1.76 bits per heavy atom. The predicted octanol–water partition coefficient (Wildman–Crippen LogP) is 2.24. The number of aryl methyl sites for hydroxylation is 1. The Bertz CT molecular complexity index is 717. The molecule has 0 atom stereocenters. The number of nitrogen functional groups attached to an aromatic ring is 1. The van der Waals surface area contributed by atoms with Crippen molar-refractivity contribution in [1.29, 1.82) is 0 Å². The molecule has 0 spiro atoms. The summed E-state index contributed by atoms with van der Waals surface area (Å²) in [6.45, 7) is 1.79. The molecule has 0 bridgehead atoms. The quantitative estimate of drug-likeness (QED) is 0.748. The molecule has 2 rings (SSSR count). The number of rotatable bonds is 4. The second-order valence-electron chi connectivity index (χ2n) is 4.31. The molecule has 8 heteroatoms. The summed E-state index contributed by atoms with van der Waals surface area (Å²) in [5.41, 5.74) is 7.24. The van der Waals surface area contributed by atoms with E-state index in [1.165, 1.54) is 12.1 Å². The molecule has 0 saturated heterocycles. The lowest BCUT2D eigenvalue weighted by atomic mass is 10.3. The Morgan fingerprint density at radius 3 is 2.33 bits per heavy atom. The second kappa shape index (κ2) is 6.64. The van der Waals surface area contributed by atoms with E-state index >= 15 is 0 Å². The van der Waals surface area contributed by atoms with E-state index in [0.29, 0.717) is 22.9 Å². The van der Waals surface area contributed by atoms with E-state index in [0.717, 1.165) is 0 Å². The van der Waals surface area contributed by atoms with Gasteiger partial charge in [0.2, 0.25) is 0 Å². The monoisotopic (exact) mass is 328 g/mol. The maximum absolute atomic E-state index is 12.2. The third-order valence-corrected chi connectivity index (χ3v) is 4.05. The largest absolute Gasteiger partial charge is 0.399 e. The Kier molecular flexibility index (Phi) is 5.40. The fourth-order valence-corrected chi connectivity index (χ4v) is 2.76. The number of nitrogens with two attached hydrogens (primary N) is 1. The minimum Gasteiger partial charge on any atom is -0.399 e. The van der Waals surface area contributed by atoms with Crippen LogP contribution in [0.2, 0.25) is 0 Å². The molecule has 1 aromatic carbocycles. The molecule has 1 heterocycles. The van der Waals surface area contributed by atoms with Gasteiger partial charge in [0.15, 0.2) is 0 Å². The number of hydrogen-bond acceptors (Lipinski definition) is 5. The van der Waals surface area contributed by atoms with Gasteiger partial charge in [0.1, 0.15) is 5.82 Å². The number of halogens is 1. The number of pyridine rings is 1. The lowest BCUT2D eigenvalue weighted by Gasteiger charge is -2.10. The highest BCUT2D eigenvalue weighted by molar-refractivity contribution is 7.92. The molecule has 6 nitrogen and oxygen atoms in total. The van der Waals surface area contributed by atoms with Crippen molar-refractivity contribution in [3.05, 3.63) is 42.1 Å². The zero-order valence-electron chi connectivity index (χ0n) is 11.6. The second-order valence-corrected chi connectivity index (χ2v) is 5.99. The first-order chi connectivity index (χ1) is 9.40. The van der Waals surface area contributed by atoms with Crippen molar-refractivity contribution < 1.29 is 8.42 Å². The van der Waals surface area contributed by atoms with Crippen LogP contribution >= 0.6 is 12.4 Å². The Morgan fingerprint density at radius 1 is 1.14 bits per heavy atom. The molecule has 0 unspecified atom stereocenters. The number of anilines is 3. The van der Waals surface area contributed by atoms with Crippen LogP contribution in [0.5, 0.6) is 0 Å². The Balaban J connectivity index is 0.00000220. The number of nitrogens with zero attached hydrogens (tertiary/aromatic N) is 1. The molecule has 114 valence electrons. The van der Waals surface area contributed by atoms with E-state index < -0.39 is 10.0 Å². The van der Waals surface area contributed by atoms with E-state index in [2.05, 4.69) is 15.0 Å². The average molecular weight is 329 g/mol. The van der Waals surface area contributed by atoms with Crippen molar-refractivity contribution >= 4 is 39.6 Å². The van der Waals surface area contributed by atoms with Gasteiger partial charge in [0.05, 0.1) is 10.6 Å². The molecular formula is C13H17ClN4O2S. The highest BCUT2D eigenvalue weighted by Crippen LogP contribution is 2.20. The summed E-state index contributed by atoms with van der Waals surface area (Å²) in [5.74, 6) is 0.597. The van der Waals surface area contributed by atoms with Gasteiger partial charge >= 0.3 is 0 Å². The molecular weight excluding hydrogens is 312 g/mol. The molecule has 1 aromatic heterocycles. The molecule has 21 heavy (non-hydrogen) atoms. The molecule has 0 saturated carbocycles. The minimum absolute atomic E-state index is 0. The van der Waals surface area contributed by atoms with Crippen molar-refractivity contribution in [1.82, 2.24) is 4.98 Å². The van der Waals surface area contributed by atoms with Gasteiger partial charge in [-0.1, -0.05) is 0 Å². The number of hydrogen-bond donors (Lipinski definition) is 3. The van der Waals surface area contributed by atoms with Crippen LogP contribution in [0.25, 0.3) is 0 Å². The van der Waals surface area contributed by atoms with Gasteiger partial charge in [-0.15, -0.1) is 12.4 Å². The number of sulfonamides is 1. The molecule has 0 aliphatic carbocycles. The van der Waals surface area contributed by atoms with Crippen molar-refractivity contribution in [2.75, 3.05) is 22.8 Å². The first kappa shape index (κ1) is 17.1. The zero-order valence-corrected chi connectivity index (χ0v) is 13.3. The smallest absolute Gasteiger partial charge is 0.261 e. The first-order valence-corrected chi connectivity index (χ1v) is 7.44. The van der Waals surface area contributed by atoms with Gasteiger partial charge in [-0.25, -0.2) is 13.4 Å². The summed E-state index contributed by atoms with van der Waals surface area (Å²) in [5, 5.41) is 2.88. The van der Waals surface area contributed by atoms with Gasteiger partial charge in [0, 0.05) is 24.5 Å². The van der Waals surface area contributed by atoms with E-state index in [1.54, 1.807) is 38.2 Å². The molecule has 4 N–H and O–H groups in total. The minimum atomic E-state index is -3.63. The normalized spacial score (nSPS) is 10.6. The predicted molar refractivity (Wildman–Crippen MR) is 87.4 cm³/mol. The number of nitrogens with one attached hydrogen (secondary N) is 2. The first-order valence-electron chi connectivity index (χ1n) is 5.95.